The van der Waals surface area contributed by atoms with Crippen LogP contribution in [0.2, 0.25) is 5.02 Å². The van der Waals surface area contributed by atoms with Gasteiger partial charge >= 0.3 is 0 Å². The molecular weight excluding hydrogens is 240 g/mol. The molecule has 0 aromatic heterocycles. The van der Waals surface area contributed by atoms with Crippen molar-refractivity contribution in [3.05, 3.63) is 71.3 Å². The van der Waals surface area contributed by atoms with Crippen LogP contribution < -0.4 is 0 Å². The van der Waals surface area contributed by atoms with Crippen molar-refractivity contribution >= 4 is 11.6 Å². The van der Waals surface area contributed by atoms with Crippen LogP contribution in [-0.4, -0.2) is 0 Å². The SMILES string of the molecule is C/C=C/CCc1ccc(-c2ccc(Cl)cc2)cc1. The minimum absolute atomic E-state index is 0.779. The molecule has 0 N–H and O–H groups in total. The van der Waals surface area contributed by atoms with Crippen LogP contribution in [-0.2, 0) is 6.42 Å². The third-order valence-corrected chi connectivity index (χ3v) is 3.22. The fourth-order valence-corrected chi connectivity index (χ4v) is 2.05. The Hall–Kier alpha value is -1.53. The van der Waals surface area contributed by atoms with E-state index in [1.807, 2.05) is 12.1 Å². The van der Waals surface area contributed by atoms with Crippen molar-refractivity contribution < 1.29 is 0 Å². The van der Waals surface area contributed by atoms with Crippen LogP contribution in [0.25, 0.3) is 11.1 Å². The minimum atomic E-state index is 0.779. The smallest absolute Gasteiger partial charge is 0.0406 e. The monoisotopic (exact) mass is 256 g/mol. The van der Waals surface area contributed by atoms with Crippen LogP contribution >= 0.6 is 11.6 Å². The second-order valence-electron chi connectivity index (χ2n) is 4.31. The van der Waals surface area contributed by atoms with Crippen molar-refractivity contribution in [2.75, 3.05) is 0 Å². The molecule has 0 unspecified atom stereocenters. The zero-order valence-electron chi connectivity index (χ0n) is 10.6. The topological polar surface area (TPSA) is 0 Å². The maximum Gasteiger partial charge on any atom is 0.0406 e. The zero-order chi connectivity index (χ0) is 12.8. The van der Waals surface area contributed by atoms with E-state index in [-0.39, 0.29) is 0 Å². The summed E-state index contributed by atoms with van der Waals surface area (Å²) in [5, 5.41) is 0.779. The summed E-state index contributed by atoms with van der Waals surface area (Å²) in [6.07, 6.45) is 6.51. The molecule has 18 heavy (non-hydrogen) atoms. The highest BCUT2D eigenvalue weighted by Crippen LogP contribution is 2.22. The molecule has 1 heteroatoms. The summed E-state index contributed by atoms with van der Waals surface area (Å²) in [5.41, 5.74) is 3.83. The van der Waals surface area contributed by atoms with Crippen molar-refractivity contribution in [3.8, 4) is 11.1 Å². The van der Waals surface area contributed by atoms with Gasteiger partial charge in [-0.05, 0) is 48.6 Å². The summed E-state index contributed by atoms with van der Waals surface area (Å²) < 4.78 is 0. The number of benzene rings is 2. The number of halogens is 1. The highest BCUT2D eigenvalue weighted by Gasteiger charge is 1.98. The van der Waals surface area contributed by atoms with Crippen LogP contribution in [0.4, 0.5) is 0 Å². The van der Waals surface area contributed by atoms with Gasteiger partial charge in [0.1, 0.15) is 0 Å². The molecule has 0 aliphatic heterocycles. The number of hydrogen-bond donors (Lipinski definition) is 0. The summed E-state index contributed by atoms with van der Waals surface area (Å²) >= 11 is 5.89. The molecule has 0 amide bonds. The molecule has 0 bridgehead atoms. The molecule has 0 heterocycles. The molecule has 0 radical (unpaired) electrons. The Balaban J connectivity index is 2.09. The van der Waals surface area contributed by atoms with Gasteiger partial charge in [0.15, 0.2) is 0 Å². The Morgan fingerprint density at radius 2 is 1.44 bits per heavy atom. The van der Waals surface area contributed by atoms with Crippen molar-refractivity contribution in [1.29, 1.82) is 0 Å². The first-order valence-corrected chi connectivity index (χ1v) is 6.63. The molecule has 92 valence electrons. The average Bonchev–Trinajstić information content (AvgIpc) is 2.41. The van der Waals surface area contributed by atoms with Gasteiger partial charge in [0.25, 0.3) is 0 Å². The van der Waals surface area contributed by atoms with E-state index in [4.69, 9.17) is 11.6 Å². The molecule has 0 aliphatic carbocycles. The third-order valence-electron chi connectivity index (χ3n) is 2.97. The van der Waals surface area contributed by atoms with E-state index >= 15 is 0 Å². The lowest BCUT2D eigenvalue weighted by Crippen LogP contribution is -1.84. The van der Waals surface area contributed by atoms with E-state index in [1.165, 1.54) is 16.7 Å². The summed E-state index contributed by atoms with van der Waals surface area (Å²) in [4.78, 5) is 0. The van der Waals surface area contributed by atoms with Crippen LogP contribution in [0.5, 0.6) is 0 Å². The first-order chi connectivity index (χ1) is 8.79. The van der Waals surface area contributed by atoms with Crippen molar-refractivity contribution in [2.45, 2.75) is 19.8 Å². The number of hydrogen-bond acceptors (Lipinski definition) is 0. The van der Waals surface area contributed by atoms with E-state index < -0.39 is 0 Å². The van der Waals surface area contributed by atoms with Gasteiger partial charge in [0.05, 0.1) is 0 Å². The number of allylic oxidation sites excluding steroid dienone is 2. The van der Waals surface area contributed by atoms with Gasteiger partial charge in [0, 0.05) is 5.02 Å². The normalized spacial score (nSPS) is 11.0. The van der Waals surface area contributed by atoms with E-state index in [0.717, 1.165) is 17.9 Å². The van der Waals surface area contributed by atoms with Gasteiger partial charge in [-0.15, -0.1) is 0 Å². The first-order valence-electron chi connectivity index (χ1n) is 6.25. The molecule has 0 fully saturated rings. The lowest BCUT2D eigenvalue weighted by molar-refractivity contribution is 1.000. The molecule has 2 rings (SSSR count). The van der Waals surface area contributed by atoms with Crippen LogP contribution in [0, 0.1) is 0 Å². The van der Waals surface area contributed by atoms with Crippen molar-refractivity contribution in [1.82, 2.24) is 0 Å². The molecule has 0 atom stereocenters. The molecule has 2 aromatic rings. The summed E-state index contributed by atoms with van der Waals surface area (Å²) in [5.74, 6) is 0. The largest absolute Gasteiger partial charge is 0.0917 e. The summed E-state index contributed by atoms with van der Waals surface area (Å²) in [6.45, 7) is 2.06. The van der Waals surface area contributed by atoms with Gasteiger partial charge in [-0.3, -0.25) is 0 Å². The van der Waals surface area contributed by atoms with E-state index in [0.29, 0.717) is 0 Å². The summed E-state index contributed by atoms with van der Waals surface area (Å²) in [6, 6.07) is 16.7. The maximum atomic E-state index is 5.89. The molecule has 2 aromatic carbocycles. The molecule has 0 aliphatic rings. The molecule has 0 nitrogen and oxygen atoms in total. The van der Waals surface area contributed by atoms with Gasteiger partial charge in [-0.25, -0.2) is 0 Å². The minimum Gasteiger partial charge on any atom is -0.0917 e. The predicted molar refractivity (Wildman–Crippen MR) is 80.0 cm³/mol. The van der Waals surface area contributed by atoms with Gasteiger partial charge in [-0.1, -0.05) is 60.2 Å². The van der Waals surface area contributed by atoms with Crippen LogP contribution in [0.3, 0.4) is 0 Å². The lowest BCUT2D eigenvalue weighted by Gasteiger charge is -2.04. The fraction of sp³-hybridized carbons (Fsp3) is 0.176. The Kier molecular flexibility index (Phi) is 4.60. The van der Waals surface area contributed by atoms with E-state index in [1.54, 1.807) is 0 Å². The quantitative estimate of drug-likeness (QED) is 0.632. The van der Waals surface area contributed by atoms with Crippen molar-refractivity contribution in [3.63, 3.8) is 0 Å². The average molecular weight is 257 g/mol. The van der Waals surface area contributed by atoms with Crippen molar-refractivity contribution in [2.24, 2.45) is 0 Å². The third kappa shape index (κ3) is 3.48. The van der Waals surface area contributed by atoms with E-state index in [9.17, 15) is 0 Å². The van der Waals surface area contributed by atoms with E-state index in [2.05, 4.69) is 55.5 Å². The maximum absolute atomic E-state index is 5.89. The predicted octanol–water partition coefficient (Wildman–Crippen LogP) is 5.52. The second kappa shape index (κ2) is 6.42. The summed E-state index contributed by atoms with van der Waals surface area (Å²) in [7, 11) is 0. The lowest BCUT2D eigenvalue weighted by atomic mass is 10.0. The molecule has 0 spiro atoms. The second-order valence-corrected chi connectivity index (χ2v) is 4.75. The standard InChI is InChI=1S/C17H17Cl/c1-2-3-4-5-14-6-8-15(9-7-14)16-10-12-17(18)13-11-16/h2-3,6-13H,4-5H2,1H3/b3-2+. The highest BCUT2D eigenvalue weighted by molar-refractivity contribution is 6.30. The Morgan fingerprint density at radius 1 is 0.889 bits per heavy atom. The van der Waals surface area contributed by atoms with Gasteiger partial charge in [0.2, 0.25) is 0 Å². The number of aryl methyl sites for hydroxylation is 1. The molecular formula is C17H17Cl. The Labute approximate surface area is 114 Å². The molecule has 0 saturated carbocycles. The van der Waals surface area contributed by atoms with Gasteiger partial charge < -0.3 is 0 Å². The first kappa shape index (κ1) is 12.9. The molecule has 0 saturated heterocycles. The fourth-order valence-electron chi connectivity index (χ4n) is 1.92. The Bertz CT molecular complexity index is 506. The van der Waals surface area contributed by atoms with Gasteiger partial charge in [-0.2, -0.15) is 0 Å². The highest BCUT2D eigenvalue weighted by atomic mass is 35.5. The number of rotatable bonds is 4. The van der Waals surface area contributed by atoms with Crippen LogP contribution in [0.1, 0.15) is 18.9 Å². The zero-order valence-corrected chi connectivity index (χ0v) is 11.3. The Morgan fingerprint density at radius 3 is 2.00 bits per heavy atom. The van der Waals surface area contributed by atoms with Crippen LogP contribution in [0.15, 0.2) is 60.7 Å².